The number of halogens is 2. The molecular formula is C15H16ClFN2O. The summed E-state index contributed by atoms with van der Waals surface area (Å²) in [5.41, 5.74) is 0.703. The molecule has 1 N–H and O–H groups in total. The molecule has 5 heteroatoms. The first-order chi connectivity index (χ1) is 9.54. The summed E-state index contributed by atoms with van der Waals surface area (Å²) in [6.07, 6.45) is 0. The van der Waals surface area contributed by atoms with Crippen LogP contribution < -0.4 is 10.1 Å². The Bertz CT molecular complexity index is 590. The van der Waals surface area contributed by atoms with E-state index in [9.17, 15) is 4.39 Å². The second kappa shape index (κ2) is 6.68. The minimum absolute atomic E-state index is 0.334. The van der Waals surface area contributed by atoms with Gasteiger partial charge < -0.3 is 10.1 Å². The second-order valence-corrected chi connectivity index (χ2v) is 5.08. The lowest BCUT2D eigenvalue weighted by atomic mass is 10.3. The fourth-order valence-electron chi connectivity index (χ4n) is 1.60. The largest absolute Gasteiger partial charge is 0.439 e. The molecule has 1 aromatic heterocycles. The summed E-state index contributed by atoms with van der Waals surface area (Å²) < 4.78 is 18.6. The normalized spacial score (nSPS) is 10.8. The van der Waals surface area contributed by atoms with Crippen LogP contribution in [0.15, 0.2) is 36.4 Å². The van der Waals surface area contributed by atoms with Gasteiger partial charge in [-0.1, -0.05) is 31.5 Å². The maximum atomic E-state index is 13.1. The van der Waals surface area contributed by atoms with E-state index in [-0.39, 0.29) is 5.82 Å². The molecule has 0 unspecified atom stereocenters. The third-order valence-electron chi connectivity index (χ3n) is 2.59. The molecule has 0 spiro atoms. The lowest BCUT2D eigenvalue weighted by Crippen LogP contribution is -2.22. The van der Waals surface area contributed by atoms with E-state index < -0.39 is 0 Å². The number of benzene rings is 1. The van der Waals surface area contributed by atoms with Crippen molar-refractivity contribution in [2.24, 2.45) is 0 Å². The molecule has 3 nitrogen and oxygen atoms in total. The number of nitrogens with one attached hydrogen (secondary N) is 1. The highest BCUT2D eigenvalue weighted by molar-refractivity contribution is 6.31. The maximum absolute atomic E-state index is 13.1. The van der Waals surface area contributed by atoms with E-state index in [0.29, 0.717) is 34.9 Å². The second-order valence-electron chi connectivity index (χ2n) is 4.67. The monoisotopic (exact) mass is 294 g/mol. The van der Waals surface area contributed by atoms with Gasteiger partial charge in [0.2, 0.25) is 5.88 Å². The minimum Gasteiger partial charge on any atom is -0.439 e. The van der Waals surface area contributed by atoms with E-state index in [1.165, 1.54) is 12.1 Å². The zero-order valence-corrected chi connectivity index (χ0v) is 12.1. The van der Waals surface area contributed by atoms with Gasteiger partial charge in [0.15, 0.2) is 0 Å². The van der Waals surface area contributed by atoms with Crippen LogP contribution in [0.1, 0.15) is 19.5 Å². The van der Waals surface area contributed by atoms with E-state index in [1.54, 1.807) is 24.3 Å². The number of hydrogen-bond donors (Lipinski definition) is 1. The van der Waals surface area contributed by atoms with Crippen LogP contribution >= 0.6 is 11.6 Å². The summed E-state index contributed by atoms with van der Waals surface area (Å²) in [5, 5.41) is 3.81. The Balaban J connectivity index is 2.14. The number of ether oxygens (including phenoxy) is 1. The van der Waals surface area contributed by atoms with Crippen LogP contribution in [-0.2, 0) is 6.54 Å². The maximum Gasteiger partial charge on any atom is 0.219 e. The van der Waals surface area contributed by atoms with Crippen LogP contribution in [0.25, 0.3) is 0 Å². The van der Waals surface area contributed by atoms with Gasteiger partial charge in [-0.25, -0.2) is 9.37 Å². The zero-order valence-electron chi connectivity index (χ0n) is 11.4. The Morgan fingerprint density at radius 1 is 1.30 bits per heavy atom. The minimum atomic E-state index is -0.349. The van der Waals surface area contributed by atoms with E-state index in [4.69, 9.17) is 16.3 Å². The van der Waals surface area contributed by atoms with Gasteiger partial charge in [0, 0.05) is 24.7 Å². The molecule has 0 radical (unpaired) electrons. The third kappa shape index (κ3) is 4.18. The number of nitrogens with zero attached hydrogens (tertiary/aromatic N) is 1. The fraction of sp³-hybridized carbons (Fsp3) is 0.267. The third-order valence-corrected chi connectivity index (χ3v) is 2.93. The molecular weight excluding hydrogens is 279 g/mol. The highest BCUT2D eigenvalue weighted by Gasteiger charge is 2.07. The van der Waals surface area contributed by atoms with Gasteiger partial charge in [-0.2, -0.15) is 0 Å². The fourth-order valence-corrected chi connectivity index (χ4v) is 1.77. The van der Waals surface area contributed by atoms with Gasteiger partial charge >= 0.3 is 0 Å². The van der Waals surface area contributed by atoms with Gasteiger partial charge in [-0.3, -0.25) is 0 Å². The Hall–Kier alpha value is -1.65. The average Bonchev–Trinajstić information content (AvgIpc) is 2.39. The molecule has 0 saturated heterocycles. The number of rotatable bonds is 5. The first kappa shape index (κ1) is 14.8. The van der Waals surface area contributed by atoms with Crippen molar-refractivity contribution in [2.75, 3.05) is 0 Å². The quantitative estimate of drug-likeness (QED) is 0.899. The summed E-state index contributed by atoms with van der Waals surface area (Å²) in [6.45, 7) is 4.64. The van der Waals surface area contributed by atoms with Crippen molar-refractivity contribution in [2.45, 2.75) is 26.4 Å². The summed E-state index contributed by atoms with van der Waals surface area (Å²) in [5.74, 6) is 0.446. The molecule has 2 aromatic rings. The van der Waals surface area contributed by atoms with Crippen LogP contribution in [0.4, 0.5) is 4.39 Å². The molecule has 0 aliphatic carbocycles. The lowest BCUT2D eigenvalue weighted by molar-refractivity contribution is 0.454. The Morgan fingerprint density at radius 3 is 2.80 bits per heavy atom. The number of aromatic nitrogens is 1. The van der Waals surface area contributed by atoms with Gasteiger partial charge in [-0.15, -0.1) is 0 Å². The molecule has 0 fully saturated rings. The highest BCUT2D eigenvalue weighted by Crippen LogP contribution is 2.23. The molecule has 0 aliphatic rings. The van der Waals surface area contributed by atoms with Crippen LogP contribution in [0.3, 0.4) is 0 Å². The summed E-state index contributed by atoms with van der Waals surface area (Å²) >= 11 is 6.09. The molecule has 0 saturated carbocycles. The SMILES string of the molecule is CC(C)NCc1nc(Oc2cccc(F)c2)ccc1Cl. The molecule has 0 atom stereocenters. The molecule has 0 amide bonds. The first-order valence-electron chi connectivity index (χ1n) is 6.37. The molecule has 20 heavy (non-hydrogen) atoms. The van der Waals surface area contributed by atoms with E-state index >= 15 is 0 Å². The predicted molar refractivity (Wildman–Crippen MR) is 77.7 cm³/mol. The van der Waals surface area contributed by atoms with Crippen molar-refractivity contribution < 1.29 is 9.13 Å². The van der Waals surface area contributed by atoms with Crippen molar-refractivity contribution in [3.8, 4) is 11.6 Å². The van der Waals surface area contributed by atoms with Gasteiger partial charge in [-0.05, 0) is 18.2 Å². The molecule has 1 heterocycles. The van der Waals surface area contributed by atoms with Crippen molar-refractivity contribution in [1.29, 1.82) is 0 Å². The van der Waals surface area contributed by atoms with E-state index in [1.807, 2.05) is 13.8 Å². The van der Waals surface area contributed by atoms with Crippen molar-refractivity contribution in [1.82, 2.24) is 10.3 Å². The van der Waals surface area contributed by atoms with E-state index in [2.05, 4.69) is 10.3 Å². The van der Waals surface area contributed by atoms with Crippen LogP contribution in [0.5, 0.6) is 11.6 Å². The smallest absolute Gasteiger partial charge is 0.219 e. The Morgan fingerprint density at radius 2 is 2.10 bits per heavy atom. The van der Waals surface area contributed by atoms with Crippen LogP contribution in [-0.4, -0.2) is 11.0 Å². The summed E-state index contributed by atoms with van der Waals surface area (Å²) in [7, 11) is 0. The zero-order chi connectivity index (χ0) is 14.5. The van der Waals surface area contributed by atoms with Gasteiger partial charge in [0.25, 0.3) is 0 Å². The number of hydrogen-bond acceptors (Lipinski definition) is 3. The molecule has 2 rings (SSSR count). The standard InChI is InChI=1S/C15H16ClFN2O/c1-10(2)18-9-14-13(16)6-7-15(19-14)20-12-5-3-4-11(17)8-12/h3-8,10,18H,9H2,1-2H3. The molecule has 1 aromatic carbocycles. The van der Waals surface area contributed by atoms with E-state index in [0.717, 1.165) is 0 Å². The number of pyridine rings is 1. The first-order valence-corrected chi connectivity index (χ1v) is 6.74. The summed E-state index contributed by atoms with van der Waals surface area (Å²) in [6, 6.07) is 9.64. The average molecular weight is 295 g/mol. The van der Waals surface area contributed by atoms with Gasteiger partial charge in [0.1, 0.15) is 11.6 Å². The topological polar surface area (TPSA) is 34.2 Å². The van der Waals surface area contributed by atoms with Crippen molar-refractivity contribution >= 4 is 11.6 Å². The lowest BCUT2D eigenvalue weighted by Gasteiger charge is -2.11. The Labute approximate surface area is 122 Å². The molecule has 106 valence electrons. The molecule has 0 aliphatic heterocycles. The van der Waals surface area contributed by atoms with Gasteiger partial charge in [0.05, 0.1) is 10.7 Å². The van der Waals surface area contributed by atoms with Crippen LogP contribution in [0, 0.1) is 5.82 Å². The predicted octanol–water partition coefficient (Wildman–Crippen LogP) is 4.16. The Kier molecular flexibility index (Phi) is 4.93. The van der Waals surface area contributed by atoms with Crippen molar-refractivity contribution in [3.05, 3.63) is 52.9 Å². The van der Waals surface area contributed by atoms with Crippen molar-refractivity contribution in [3.63, 3.8) is 0 Å². The highest BCUT2D eigenvalue weighted by atomic mass is 35.5. The van der Waals surface area contributed by atoms with Crippen LogP contribution in [0.2, 0.25) is 5.02 Å². The molecule has 0 bridgehead atoms. The summed E-state index contributed by atoms with van der Waals surface area (Å²) in [4.78, 5) is 4.33.